The van der Waals surface area contributed by atoms with E-state index in [0.29, 0.717) is 13.1 Å². The van der Waals surface area contributed by atoms with E-state index in [-0.39, 0.29) is 0 Å². The zero-order valence-electron chi connectivity index (χ0n) is 17.4. The number of aliphatic imine (C=N–C) groups is 1. The van der Waals surface area contributed by atoms with Gasteiger partial charge in [-0.1, -0.05) is 42.5 Å². The van der Waals surface area contributed by atoms with Gasteiger partial charge in [0.15, 0.2) is 5.96 Å². The van der Waals surface area contributed by atoms with Crippen molar-refractivity contribution < 1.29 is 4.74 Å². The fourth-order valence-electron chi connectivity index (χ4n) is 3.22. The van der Waals surface area contributed by atoms with Crippen molar-refractivity contribution in [1.29, 1.82) is 0 Å². The zero-order chi connectivity index (χ0) is 20.6. The monoisotopic (exact) mass is 403 g/mol. The van der Waals surface area contributed by atoms with Crippen LogP contribution in [0.4, 0.5) is 0 Å². The molecule has 1 aliphatic rings. The Balaban J connectivity index is 1.26. The van der Waals surface area contributed by atoms with Gasteiger partial charge in [-0.3, -0.25) is 4.99 Å². The molecule has 0 atom stereocenters. The van der Waals surface area contributed by atoms with E-state index < -0.39 is 0 Å². The summed E-state index contributed by atoms with van der Waals surface area (Å²) in [5.41, 5.74) is 3.60. The van der Waals surface area contributed by atoms with Crippen molar-refractivity contribution in [3.8, 4) is 5.75 Å². The number of aromatic nitrogens is 2. The highest BCUT2D eigenvalue weighted by Crippen LogP contribution is 2.30. The van der Waals surface area contributed by atoms with Crippen LogP contribution >= 0.6 is 0 Å². The van der Waals surface area contributed by atoms with Crippen LogP contribution < -0.4 is 15.4 Å². The molecule has 156 valence electrons. The number of ether oxygens (including phenoxy) is 1. The Morgan fingerprint density at radius 2 is 1.83 bits per heavy atom. The van der Waals surface area contributed by atoms with Crippen molar-refractivity contribution in [2.45, 2.75) is 32.5 Å². The van der Waals surface area contributed by atoms with Gasteiger partial charge >= 0.3 is 0 Å². The zero-order valence-corrected chi connectivity index (χ0v) is 17.4. The lowest BCUT2D eigenvalue weighted by molar-refractivity contribution is 0.296. The van der Waals surface area contributed by atoms with Gasteiger partial charge in [-0.05, 0) is 36.0 Å². The molecule has 0 saturated heterocycles. The van der Waals surface area contributed by atoms with E-state index in [0.717, 1.165) is 36.3 Å². The van der Waals surface area contributed by atoms with Crippen LogP contribution in [0.5, 0.6) is 5.75 Å². The molecule has 2 N–H and O–H groups in total. The fourth-order valence-corrected chi connectivity index (χ4v) is 3.22. The van der Waals surface area contributed by atoms with Crippen LogP contribution in [-0.4, -0.2) is 29.2 Å². The fraction of sp³-hybridized carbons (Fsp3) is 0.333. The second-order valence-corrected chi connectivity index (χ2v) is 7.69. The van der Waals surface area contributed by atoms with Crippen molar-refractivity contribution >= 4 is 5.96 Å². The molecule has 1 aromatic heterocycles. The predicted molar refractivity (Wildman–Crippen MR) is 119 cm³/mol. The summed E-state index contributed by atoms with van der Waals surface area (Å²) in [6.07, 6.45) is 8.19. The molecule has 0 bridgehead atoms. The van der Waals surface area contributed by atoms with Crippen LogP contribution in [0.15, 0.2) is 72.2 Å². The summed E-state index contributed by atoms with van der Waals surface area (Å²) >= 11 is 0. The number of para-hydroxylation sites is 1. The number of benzene rings is 2. The van der Waals surface area contributed by atoms with Crippen molar-refractivity contribution in [3.63, 3.8) is 0 Å². The average Bonchev–Trinajstić information content (AvgIpc) is 3.48. The molecule has 0 unspecified atom stereocenters. The van der Waals surface area contributed by atoms with Crippen LogP contribution in [0, 0.1) is 5.92 Å². The third kappa shape index (κ3) is 5.86. The molecule has 3 aromatic rings. The smallest absolute Gasteiger partial charge is 0.191 e. The van der Waals surface area contributed by atoms with Gasteiger partial charge in [-0.15, -0.1) is 0 Å². The van der Waals surface area contributed by atoms with Crippen molar-refractivity contribution in [2.75, 3.05) is 13.7 Å². The normalized spacial score (nSPS) is 13.8. The molecular formula is C24H29N5O. The van der Waals surface area contributed by atoms with E-state index in [9.17, 15) is 0 Å². The minimum Gasteiger partial charge on any atom is -0.493 e. The second-order valence-electron chi connectivity index (χ2n) is 7.69. The van der Waals surface area contributed by atoms with Gasteiger partial charge < -0.3 is 19.9 Å². The maximum Gasteiger partial charge on any atom is 0.191 e. The third-order valence-corrected chi connectivity index (χ3v) is 5.22. The lowest BCUT2D eigenvalue weighted by Crippen LogP contribution is -2.36. The maximum atomic E-state index is 6.00. The number of guanidine groups is 1. The first-order valence-electron chi connectivity index (χ1n) is 10.5. The highest BCUT2D eigenvalue weighted by Gasteiger charge is 2.22. The van der Waals surface area contributed by atoms with Gasteiger partial charge in [0, 0.05) is 44.6 Å². The number of rotatable bonds is 9. The molecule has 2 aromatic carbocycles. The van der Waals surface area contributed by atoms with Gasteiger partial charge in [0.05, 0.1) is 12.9 Å². The lowest BCUT2D eigenvalue weighted by atomic mass is 10.1. The largest absolute Gasteiger partial charge is 0.493 e. The molecule has 1 saturated carbocycles. The standard InChI is InChI=1S/C24H29N5O/c1-25-24(28-15-22-4-2-3-5-23(22)30-17-21-10-11-21)27-14-19-6-8-20(9-7-19)16-29-13-12-26-18-29/h2-9,12-13,18,21H,10-11,14-17H2,1H3,(H2,25,27,28). The molecule has 1 heterocycles. The minimum absolute atomic E-state index is 0.671. The minimum atomic E-state index is 0.671. The summed E-state index contributed by atoms with van der Waals surface area (Å²) < 4.78 is 8.06. The van der Waals surface area contributed by atoms with Crippen LogP contribution in [0.1, 0.15) is 29.5 Å². The summed E-state index contributed by atoms with van der Waals surface area (Å²) in [6, 6.07) is 16.8. The second kappa shape index (κ2) is 9.96. The predicted octanol–water partition coefficient (Wildman–Crippen LogP) is 3.59. The van der Waals surface area contributed by atoms with E-state index in [1.165, 1.54) is 24.0 Å². The number of nitrogens with zero attached hydrogens (tertiary/aromatic N) is 3. The van der Waals surface area contributed by atoms with E-state index in [1.54, 1.807) is 13.2 Å². The van der Waals surface area contributed by atoms with Crippen LogP contribution in [0.3, 0.4) is 0 Å². The lowest BCUT2D eigenvalue weighted by Gasteiger charge is -2.15. The highest BCUT2D eigenvalue weighted by molar-refractivity contribution is 5.79. The van der Waals surface area contributed by atoms with Crippen molar-refractivity contribution in [3.05, 3.63) is 83.9 Å². The van der Waals surface area contributed by atoms with E-state index in [1.807, 2.05) is 30.7 Å². The van der Waals surface area contributed by atoms with Gasteiger partial charge in [-0.2, -0.15) is 0 Å². The SMILES string of the molecule is CN=C(NCc1ccc(Cn2ccnc2)cc1)NCc1ccccc1OCC1CC1. The van der Waals surface area contributed by atoms with E-state index in [4.69, 9.17) is 4.74 Å². The Kier molecular flexibility index (Phi) is 6.65. The first kappa shape index (κ1) is 20.0. The average molecular weight is 404 g/mol. The number of nitrogens with one attached hydrogen (secondary N) is 2. The molecule has 30 heavy (non-hydrogen) atoms. The van der Waals surface area contributed by atoms with Gasteiger partial charge in [-0.25, -0.2) is 4.98 Å². The Morgan fingerprint density at radius 3 is 2.57 bits per heavy atom. The molecule has 4 rings (SSSR count). The highest BCUT2D eigenvalue weighted by atomic mass is 16.5. The molecule has 0 aliphatic heterocycles. The Bertz CT molecular complexity index is 946. The number of hydrogen-bond donors (Lipinski definition) is 2. The first-order valence-corrected chi connectivity index (χ1v) is 10.5. The molecule has 1 fully saturated rings. The third-order valence-electron chi connectivity index (χ3n) is 5.22. The van der Waals surface area contributed by atoms with Crippen LogP contribution in [0.25, 0.3) is 0 Å². The molecular weight excluding hydrogens is 374 g/mol. The topological polar surface area (TPSA) is 63.5 Å². The number of hydrogen-bond acceptors (Lipinski definition) is 3. The summed E-state index contributed by atoms with van der Waals surface area (Å²) in [4.78, 5) is 8.43. The van der Waals surface area contributed by atoms with Gasteiger partial charge in [0.2, 0.25) is 0 Å². The summed E-state index contributed by atoms with van der Waals surface area (Å²) in [7, 11) is 1.79. The Hall–Kier alpha value is -3.28. The summed E-state index contributed by atoms with van der Waals surface area (Å²) in [5, 5.41) is 6.77. The molecule has 0 spiro atoms. The molecule has 6 heteroatoms. The number of imidazole rings is 1. The molecule has 0 radical (unpaired) electrons. The summed E-state index contributed by atoms with van der Waals surface area (Å²) in [5.74, 6) is 2.47. The van der Waals surface area contributed by atoms with Crippen molar-refractivity contribution in [2.24, 2.45) is 10.9 Å². The van der Waals surface area contributed by atoms with Gasteiger partial charge in [0.1, 0.15) is 5.75 Å². The maximum absolute atomic E-state index is 6.00. The molecule has 0 amide bonds. The van der Waals surface area contributed by atoms with Crippen LogP contribution in [-0.2, 0) is 19.6 Å². The van der Waals surface area contributed by atoms with Crippen molar-refractivity contribution in [1.82, 2.24) is 20.2 Å². The molecule has 6 nitrogen and oxygen atoms in total. The van der Waals surface area contributed by atoms with Crippen LogP contribution in [0.2, 0.25) is 0 Å². The van der Waals surface area contributed by atoms with Gasteiger partial charge in [0.25, 0.3) is 0 Å². The first-order chi connectivity index (χ1) is 14.8. The quantitative estimate of drug-likeness (QED) is 0.423. The van der Waals surface area contributed by atoms with E-state index >= 15 is 0 Å². The summed E-state index contributed by atoms with van der Waals surface area (Å²) in [6.45, 7) is 3.04. The molecule has 1 aliphatic carbocycles. The van der Waals surface area contributed by atoms with E-state index in [2.05, 4.69) is 55.5 Å². The Labute approximate surface area is 178 Å². The Morgan fingerprint density at radius 1 is 1.07 bits per heavy atom.